The van der Waals surface area contributed by atoms with Crippen LogP contribution in [0.3, 0.4) is 0 Å². The van der Waals surface area contributed by atoms with E-state index in [4.69, 9.17) is 10.5 Å². The normalized spacial score (nSPS) is 15.7. The van der Waals surface area contributed by atoms with Crippen LogP contribution in [0, 0.1) is 6.92 Å². The molecule has 0 spiro atoms. The summed E-state index contributed by atoms with van der Waals surface area (Å²) >= 11 is 0. The largest absolute Gasteiger partial charge is 0.465 e. The van der Waals surface area contributed by atoms with E-state index >= 15 is 0 Å². The van der Waals surface area contributed by atoms with E-state index in [0.717, 1.165) is 24.3 Å². The quantitative estimate of drug-likeness (QED) is 0.643. The third kappa shape index (κ3) is 4.11. The van der Waals surface area contributed by atoms with Gasteiger partial charge in [0.1, 0.15) is 0 Å². The molecule has 1 aromatic carbocycles. The van der Waals surface area contributed by atoms with Gasteiger partial charge in [-0.2, -0.15) is 0 Å². The van der Waals surface area contributed by atoms with Gasteiger partial charge in [-0.1, -0.05) is 6.42 Å². The van der Waals surface area contributed by atoms with E-state index in [1.807, 2.05) is 13.0 Å². The van der Waals surface area contributed by atoms with Crippen molar-refractivity contribution in [2.45, 2.75) is 26.2 Å². The Morgan fingerprint density at radius 3 is 2.71 bits per heavy atom. The maximum absolute atomic E-state index is 11.7. The molecule has 0 radical (unpaired) electrons. The van der Waals surface area contributed by atoms with Crippen molar-refractivity contribution in [2.24, 2.45) is 0 Å². The van der Waals surface area contributed by atoms with Crippen LogP contribution < -0.4 is 11.1 Å². The summed E-state index contributed by atoms with van der Waals surface area (Å²) in [5.74, 6) is -0.393. The topological polar surface area (TPSA) is 67.6 Å². The van der Waals surface area contributed by atoms with Crippen molar-refractivity contribution in [2.75, 3.05) is 44.3 Å². The Hall–Kier alpha value is -1.75. The molecule has 1 fully saturated rings. The average molecular weight is 291 g/mol. The second-order valence-corrected chi connectivity index (χ2v) is 5.58. The van der Waals surface area contributed by atoms with E-state index in [9.17, 15) is 4.79 Å². The smallest absolute Gasteiger partial charge is 0.340 e. The molecule has 0 atom stereocenters. The molecule has 1 saturated heterocycles. The van der Waals surface area contributed by atoms with Crippen molar-refractivity contribution in [3.8, 4) is 0 Å². The molecule has 2 rings (SSSR count). The van der Waals surface area contributed by atoms with Crippen LogP contribution in [-0.4, -0.2) is 44.2 Å². The number of benzene rings is 1. The lowest BCUT2D eigenvalue weighted by atomic mass is 10.1. The Labute approximate surface area is 126 Å². The molecule has 0 unspecified atom stereocenters. The number of nitrogens with one attached hydrogen (secondary N) is 1. The fourth-order valence-electron chi connectivity index (χ4n) is 2.72. The van der Waals surface area contributed by atoms with Crippen molar-refractivity contribution in [1.29, 1.82) is 0 Å². The van der Waals surface area contributed by atoms with Crippen molar-refractivity contribution in [1.82, 2.24) is 4.90 Å². The third-order valence-corrected chi connectivity index (χ3v) is 4.00. The van der Waals surface area contributed by atoms with Crippen LogP contribution in [0.25, 0.3) is 0 Å². The molecule has 0 amide bonds. The summed E-state index contributed by atoms with van der Waals surface area (Å²) in [6.45, 7) is 6.17. The number of piperidine rings is 1. The fraction of sp³-hybridized carbons (Fsp3) is 0.562. The highest BCUT2D eigenvalue weighted by molar-refractivity contribution is 5.97. The standard InChI is InChI=1S/C16H25N3O2/c1-12-10-13(11-14(15(12)17)16(20)21-2)18-6-9-19-7-4-3-5-8-19/h10-11,18H,3-9,17H2,1-2H3. The molecular formula is C16H25N3O2. The van der Waals surface area contributed by atoms with Crippen LogP contribution in [0.2, 0.25) is 0 Å². The van der Waals surface area contributed by atoms with E-state index in [-0.39, 0.29) is 0 Å². The van der Waals surface area contributed by atoms with Crippen LogP contribution in [0.4, 0.5) is 11.4 Å². The number of hydrogen-bond acceptors (Lipinski definition) is 5. The highest BCUT2D eigenvalue weighted by Gasteiger charge is 2.14. The van der Waals surface area contributed by atoms with Crippen LogP contribution in [0.1, 0.15) is 35.2 Å². The van der Waals surface area contributed by atoms with E-state index in [2.05, 4.69) is 10.2 Å². The highest BCUT2D eigenvalue weighted by Crippen LogP contribution is 2.23. The maximum Gasteiger partial charge on any atom is 0.340 e. The van der Waals surface area contributed by atoms with Gasteiger partial charge in [-0.05, 0) is 50.6 Å². The van der Waals surface area contributed by atoms with Gasteiger partial charge in [0.2, 0.25) is 0 Å². The minimum absolute atomic E-state index is 0.393. The maximum atomic E-state index is 11.7. The lowest BCUT2D eigenvalue weighted by molar-refractivity contribution is 0.0602. The number of carbonyl (C=O) groups is 1. The monoisotopic (exact) mass is 291 g/mol. The number of nitrogens with two attached hydrogens (primary N) is 1. The molecule has 21 heavy (non-hydrogen) atoms. The van der Waals surface area contributed by atoms with Crippen LogP contribution in [-0.2, 0) is 4.74 Å². The van der Waals surface area contributed by atoms with Gasteiger partial charge in [-0.3, -0.25) is 0 Å². The van der Waals surface area contributed by atoms with Gasteiger partial charge in [0.05, 0.1) is 12.7 Å². The summed E-state index contributed by atoms with van der Waals surface area (Å²) in [5.41, 5.74) is 8.66. The van der Waals surface area contributed by atoms with Gasteiger partial charge in [-0.15, -0.1) is 0 Å². The molecule has 1 heterocycles. The number of nitrogen functional groups attached to an aromatic ring is 1. The zero-order valence-corrected chi connectivity index (χ0v) is 12.9. The zero-order valence-electron chi connectivity index (χ0n) is 12.9. The number of rotatable bonds is 5. The Morgan fingerprint density at radius 1 is 1.33 bits per heavy atom. The van der Waals surface area contributed by atoms with E-state index < -0.39 is 5.97 Å². The fourth-order valence-corrected chi connectivity index (χ4v) is 2.72. The number of hydrogen-bond donors (Lipinski definition) is 2. The van der Waals surface area contributed by atoms with Crippen molar-refractivity contribution >= 4 is 17.3 Å². The Balaban J connectivity index is 1.96. The van der Waals surface area contributed by atoms with Crippen LogP contribution in [0.5, 0.6) is 0 Å². The second-order valence-electron chi connectivity index (χ2n) is 5.58. The molecule has 3 N–H and O–H groups in total. The lowest BCUT2D eigenvalue weighted by Crippen LogP contribution is -2.33. The summed E-state index contributed by atoms with van der Waals surface area (Å²) in [5, 5.41) is 3.37. The zero-order chi connectivity index (χ0) is 15.2. The minimum Gasteiger partial charge on any atom is -0.465 e. The van der Waals surface area contributed by atoms with Crippen LogP contribution >= 0.6 is 0 Å². The Kier molecular flexibility index (Phi) is 5.44. The number of aryl methyl sites for hydroxylation is 1. The molecule has 0 saturated carbocycles. The number of likely N-dealkylation sites (tertiary alicyclic amines) is 1. The number of carbonyl (C=O) groups excluding carboxylic acids is 1. The summed E-state index contributed by atoms with van der Waals surface area (Å²) in [4.78, 5) is 14.2. The third-order valence-electron chi connectivity index (χ3n) is 4.00. The number of ether oxygens (including phenoxy) is 1. The summed E-state index contributed by atoms with van der Waals surface area (Å²) in [7, 11) is 1.37. The first-order valence-corrected chi connectivity index (χ1v) is 7.56. The molecule has 0 bridgehead atoms. The van der Waals surface area contributed by atoms with E-state index in [0.29, 0.717) is 11.3 Å². The lowest BCUT2D eigenvalue weighted by Gasteiger charge is -2.26. The molecular weight excluding hydrogens is 266 g/mol. The number of anilines is 2. The summed E-state index contributed by atoms with van der Waals surface area (Å²) < 4.78 is 4.77. The van der Waals surface area contributed by atoms with Gasteiger partial charge in [0.25, 0.3) is 0 Å². The van der Waals surface area contributed by atoms with Crippen molar-refractivity contribution < 1.29 is 9.53 Å². The molecule has 5 heteroatoms. The number of nitrogens with zero attached hydrogens (tertiary/aromatic N) is 1. The van der Waals surface area contributed by atoms with Gasteiger partial charge in [0.15, 0.2) is 0 Å². The van der Waals surface area contributed by atoms with E-state index in [1.165, 1.54) is 39.5 Å². The van der Waals surface area contributed by atoms with Crippen molar-refractivity contribution in [3.05, 3.63) is 23.3 Å². The second kappa shape index (κ2) is 7.31. The van der Waals surface area contributed by atoms with Gasteiger partial charge in [-0.25, -0.2) is 4.79 Å². The molecule has 116 valence electrons. The predicted octanol–water partition coefficient (Wildman–Crippen LogP) is 2.26. The molecule has 0 aromatic heterocycles. The number of methoxy groups -OCH3 is 1. The first-order valence-electron chi connectivity index (χ1n) is 7.56. The predicted molar refractivity (Wildman–Crippen MR) is 85.7 cm³/mol. The van der Waals surface area contributed by atoms with Crippen molar-refractivity contribution in [3.63, 3.8) is 0 Å². The first-order chi connectivity index (χ1) is 10.1. The first kappa shape index (κ1) is 15.6. The van der Waals surface area contributed by atoms with Crippen LogP contribution in [0.15, 0.2) is 12.1 Å². The number of esters is 1. The minimum atomic E-state index is -0.393. The van der Waals surface area contributed by atoms with Gasteiger partial charge in [0, 0.05) is 24.5 Å². The molecule has 5 nitrogen and oxygen atoms in total. The molecule has 1 aliphatic rings. The molecule has 0 aliphatic carbocycles. The molecule has 1 aliphatic heterocycles. The summed E-state index contributed by atoms with van der Waals surface area (Å²) in [6, 6.07) is 3.74. The average Bonchev–Trinajstić information content (AvgIpc) is 2.51. The highest BCUT2D eigenvalue weighted by atomic mass is 16.5. The molecule has 1 aromatic rings. The van der Waals surface area contributed by atoms with Gasteiger partial charge >= 0.3 is 5.97 Å². The Bertz CT molecular complexity index is 497. The Morgan fingerprint density at radius 2 is 2.05 bits per heavy atom. The SMILES string of the molecule is COC(=O)c1cc(NCCN2CCCCC2)cc(C)c1N. The van der Waals surface area contributed by atoms with E-state index in [1.54, 1.807) is 6.07 Å². The van der Waals surface area contributed by atoms with Gasteiger partial charge < -0.3 is 20.7 Å². The summed E-state index contributed by atoms with van der Waals surface area (Å²) in [6.07, 6.45) is 3.95.